The Morgan fingerprint density at radius 1 is 1.41 bits per heavy atom. The molecule has 3 nitrogen and oxygen atoms in total. The quantitative estimate of drug-likeness (QED) is 0.804. The molecule has 3 unspecified atom stereocenters. The third-order valence-electron chi connectivity index (χ3n) is 4.18. The first-order valence-corrected chi connectivity index (χ1v) is 7.00. The zero-order valence-electron chi connectivity index (χ0n) is 11.2. The van der Waals surface area contributed by atoms with Gasteiger partial charge in [0.15, 0.2) is 0 Å². The lowest BCUT2D eigenvalue weighted by atomic mass is 9.79. The third-order valence-corrected chi connectivity index (χ3v) is 4.18. The monoisotopic (exact) mass is 236 g/mol. The van der Waals surface area contributed by atoms with Gasteiger partial charge in [-0.1, -0.05) is 40.0 Å². The van der Waals surface area contributed by atoms with E-state index in [1.54, 1.807) is 0 Å². The lowest BCUT2D eigenvalue weighted by Crippen LogP contribution is -2.35. The predicted octanol–water partition coefficient (Wildman–Crippen LogP) is 2.76. The van der Waals surface area contributed by atoms with Gasteiger partial charge in [0.05, 0.1) is 0 Å². The molecule has 0 aromatic heterocycles. The molecule has 1 aliphatic carbocycles. The molecule has 1 N–H and O–H groups in total. The Hall–Kier alpha value is -0.860. The molecule has 3 heteroatoms. The van der Waals surface area contributed by atoms with E-state index in [1.165, 1.54) is 32.1 Å². The van der Waals surface area contributed by atoms with Gasteiger partial charge in [0.1, 0.15) is 11.9 Å². The molecule has 1 amide bonds. The van der Waals surface area contributed by atoms with Crippen LogP contribution in [-0.2, 0) is 4.79 Å². The summed E-state index contributed by atoms with van der Waals surface area (Å²) in [7, 11) is 0. The van der Waals surface area contributed by atoms with Crippen molar-refractivity contribution in [3.05, 3.63) is 0 Å². The minimum atomic E-state index is -0.146. The Labute approximate surface area is 104 Å². The number of hydrogen-bond acceptors (Lipinski definition) is 2. The van der Waals surface area contributed by atoms with Crippen molar-refractivity contribution in [2.45, 2.75) is 58.9 Å². The van der Waals surface area contributed by atoms with Crippen LogP contribution in [-0.4, -0.2) is 17.8 Å². The normalized spacial score (nSPS) is 33.8. The minimum absolute atomic E-state index is 0.105. The Bertz CT molecular complexity index is 322. The van der Waals surface area contributed by atoms with Crippen LogP contribution in [0.25, 0.3) is 0 Å². The molecule has 2 aliphatic rings. The highest BCUT2D eigenvalue weighted by Crippen LogP contribution is 2.32. The zero-order valence-corrected chi connectivity index (χ0v) is 11.2. The first-order valence-electron chi connectivity index (χ1n) is 7.00. The fraction of sp³-hybridized carbons (Fsp3) is 0.857. The van der Waals surface area contributed by atoms with E-state index in [-0.39, 0.29) is 11.9 Å². The number of nitrogens with zero attached hydrogens (tertiary/aromatic N) is 1. The van der Waals surface area contributed by atoms with Crippen LogP contribution >= 0.6 is 0 Å². The van der Waals surface area contributed by atoms with E-state index in [9.17, 15) is 4.79 Å². The number of amidine groups is 1. The van der Waals surface area contributed by atoms with Gasteiger partial charge in [-0.2, -0.15) is 0 Å². The largest absolute Gasteiger partial charge is 0.312 e. The topological polar surface area (TPSA) is 41.5 Å². The van der Waals surface area contributed by atoms with E-state index in [0.29, 0.717) is 11.8 Å². The summed E-state index contributed by atoms with van der Waals surface area (Å²) < 4.78 is 0. The summed E-state index contributed by atoms with van der Waals surface area (Å²) in [5.41, 5.74) is 0. The molecule has 1 saturated carbocycles. The highest BCUT2D eigenvalue weighted by atomic mass is 16.2. The molecular formula is C14H24N2O. The van der Waals surface area contributed by atoms with Crippen molar-refractivity contribution in [1.29, 1.82) is 0 Å². The average Bonchev–Trinajstić information content (AvgIpc) is 2.71. The Kier molecular flexibility index (Phi) is 3.85. The van der Waals surface area contributed by atoms with Gasteiger partial charge in [0, 0.05) is 5.92 Å². The Morgan fingerprint density at radius 2 is 2.18 bits per heavy atom. The maximum absolute atomic E-state index is 11.8. The number of aliphatic imine (C=N–C) groups is 1. The van der Waals surface area contributed by atoms with Crippen LogP contribution in [0.2, 0.25) is 0 Å². The van der Waals surface area contributed by atoms with Gasteiger partial charge in [-0.15, -0.1) is 0 Å². The van der Waals surface area contributed by atoms with Crippen molar-refractivity contribution in [3.8, 4) is 0 Å². The Balaban J connectivity index is 2.03. The summed E-state index contributed by atoms with van der Waals surface area (Å²) in [5.74, 6) is 2.71. The first kappa shape index (κ1) is 12.6. The van der Waals surface area contributed by atoms with Crippen molar-refractivity contribution in [2.75, 3.05) is 0 Å². The fourth-order valence-electron chi connectivity index (χ4n) is 3.01. The van der Waals surface area contributed by atoms with Crippen molar-refractivity contribution in [2.24, 2.45) is 22.7 Å². The second kappa shape index (κ2) is 5.19. The second-order valence-corrected chi connectivity index (χ2v) is 5.83. The fourth-order valence-corrected chi connectivity index (χ4v) is 3.01. The summed E-state index contributed by atoms with van der Waals surface area (Å²) in [5, 5.41) is 3.01. The molecule has 0 bridgehead atoms. The first-order chi connectivity index (χ1) is 8.11. The summed E-state index contributed by atoms with van der Waals surface area (Å²) in [6.07, 6.45) is 6.29. The average molecular weight is 236 g/mol. The molecule has 3 atom stereocenters. The lowest BCUT2D eigenvalue weighted by Gasteiger charge is -2.28. The van der Waals surface area contributed by atoms with Crippen molar-refractivity contribution >= 4 is 11.7 Å². The maximum atomic E-state index is 11.8. The standard InChI is InChI=1S/C14H24N2O/c1-4-10-6-5-7-11(8-10)13-15-12(9(2)3)14(17)16-13/h9-12H,4-8H2,1-3H3,(H,15,16,17). The van der Waals surface area contributed by atoms with Gasteiger partial charge >= 0.3 is 0 Å². The molecule has 96 valence electrons. The van der Waals surface area contributed by atoms with Crippen LogP contribution < -0.4 is 5.32 Å². The van der Waals surface area contributed by atoms with Gasteiger partial charge in [0.25, 0.3) is 0 Å². The number of hydrogen-bond donors (Lipinski definition) is 1. The van der Waals surface area contributed by atoms with Crippen LogP contribution in [0.5, 0.6) is 0 Å². The molecular weight excluding hydrogens is 212 g/mol. The Morgan fingerprint density at radius 3 is 2.76 bits per heavy atom. The molecule has 0 spiro atoms. The van der Waals surface area contributed by atoms with E-state index < -0.39 is 0 Å². The molecule has 0 saturated heterocycles. The number of nitrogens with one attached hydrogen (secondary N) is 1. The summed E-state index contributed by atoms with van der Waals surface area (Å²) >= 11 is 0. The lowest BCUT2D eigenvalue weighted by molar-refractivity contribution is -0.120. The van der Waals surface area contributed by atoms with Crippen LogP contribution in [0.1, 0.15) is 52.9 Å². The van der Waals surface area contributed by atoms with Gasteiger partial charge in [-0.05, 0) is 24.7 Å². The SMILES string of the molecule is CCC1CCCC(C2=NC(C(C)C)C(=O)N2)C1. The van der Waals surface area contributed by atoms with E-state index in [1.807, 2.05) is 0 Å². The molecule has 1 aliphatic heterocycles. The molecule has 1 heterocycles. The van der Waals surface area contributed by atoms with Crippen molar-refractivity contribution in [1.82, 2.24) is 5.32 Å². The predicted molar refractivity (Wildman–Crippen MR) is 69.9 cm³/mol. The van der Waals surface area contributed by atoms with E-state index in [2.05, 4.69) is 31.1 Å². The number of amides is 1. The van der Waals surface area contributed by atoms with E-state index in [4.69, 9.17) is 0 Å². The van der Waals surface area contributed by atoms with Crippen LogP contribution in [0.3, 0.4) is 0 Å². The third kappa shape index (κ3) is 2.70. The van der Waals surface area contributed by atoms with Gasteiger partial charge in [0.2, 0.25) is 5.91 Å². The summed E-state index contributed by atoms with van der Waals surface area (Å²) in [4.78, 5) is 16.4. The molecule has 17 heavy (non-hydrogen) atoms. The summed E-state index contributed by atoms with van der Waals surface area (Å²) in [6, 6.07) is -0.146. The van der Waals surface area contributed by atoms with E-state index in [0.717, 1.165) is 11.8 Å². The van der Waals surface area contributed by atoms with Crippen molar-refractivity contribution < 1.29 is 4.79 Å². The second-order valence-electron chi connectivity index (χ2n) is 5.83. The zero-order chi connectivity index (χ0) is 12.4. The van der Waals surface area contributed by atoms with Crippen molar-refractivity contribution in [3.63, 3.8) is 0 Å². The number of rotatable bonds is 3. The number of carbonyl (C=O) groups excluding carboxylic acids is 1. The molecule has 0 aromatic carbocycles. The van der Waals surface area contributed by atoms with Gasteiger partial charge in [-0.25, -0.2) is 0 Å². The molecule has 0 radical (unpaired) electrons. The number of carbonyl (C=O) groups is 1. The maximum Gasteiger partial charge on any atom is 0.250 e. The minimum Gasteiger partial charge on any atom is -0.312 e. The van der Waals surface area contributed by atoms with Gasteiger partial charge < -0.3 is 5.32 Å². The van der Waals surface area contributed by atoms with Crippen LogP contribution in [0.4, 0.5) is 0 Å². The molecule has 2 rings (SSSR count). The van der Waals surface area contributed by atoms with Crippen LogP contribution in [0, 0.1) is 17.8 Å². The van der Waals surface area contributed by atoms with Gasteiger partial charge in [-0.3, -0.25) is 9.79 Å². The van der Waals surface area contributed by atoms with Crippen LogP contribution in [0.15, 0.2) is 4.99 Å². The van der Waals surface area contributed by atoms with E-state index >= 15 is 0 Å². The highest BCUT2D eigenvalue weighted by Gasteiger charge is 2.34. The summed E-state index contributed by atoms with van der Waals surface area (Å²) in [6.45, 7) is 6.39. The smallest absolute Gasteiger partial charge is 0.250 e. The molecule has 0 aromatic rings. The molecule has 1 fully saturated rings. The highest BCUT2D eigenvalue weighted by molar-refractivity contribution is 6.06.